The second kappa shape index (κ2) is 14.3. The average molecular weight is 414 g/mol. The predicted octanol–water partition coefficient (Wildman–Crippen LogP) is 6.03. The normalized spacial score (nSPS) is 10.7. The van der Waals surface area contributed by atoms with Crippen LogP contribution in [0.5, 0.6) is 0 Å². The summed E-state index contributed by atoms with van der Waals surface area (Å²) < 4.78 is 0. The SMILES string of the molecule is CCCCCCCCCC(OOC(=O)c1ccccc1)OOC(=O)c1ccccc1. The Hall–Kier alpha value is -2.70. The van der Waals surface area contributed by atoms with Gasteiger partial charge in [0, 0.05) is 6.42 Å². The highest BCUT2D eigenvalue weighted by Gasteiger charge is 2.19. The monoisotopic (exact) mass is 414 g/mol. The van der Waals surface area contributed by atoms with E-state index in [1.807, 2.05) is 0 Å². The van der Waals surface area contributed by atoms with E-state index < -0.39 is 18.2 Å². The molecule has 6 nitrogen and oxygen atoms in total. The highest BCUT2D eigenvalue weighted by Crippen LogP contribution is 2.14. The van der Waals surface area contributed by atoms with Crippen LogP contribution in [0.2, 0.25) is 0 Å². The van der Waals surface area contributed by atoms with Crippen LogP contribution in [0.15, 0.2) is 60.7 Å². The van der Waals surface area contributed by atoms with Crippen molar-refractivity contribution in [3.63, 3.8) is 0 Å². The zero-order valence-corrected chi connectivity index (χ0v) is 17.5. The molecule has 0 heterocycles. The Morgan fingerprint density at radius 1 is 0.667 bits per heavy atom. The standard InChI is InChI=1S/C24H30O6/c1-2-3-4-5-6-7-14-19-22(27-29-23(25)20-15-10-8-11-16-20)28-30-24(26)21-17-12-9-13-18-21/h8-13,15-18,22H,2-7,14,19H2,1H3. The lowest BCUT2D eigenvalue weighted by atomic mass is 10.1. The molecule has 2 rings (SSSR count). The minimum Gasteiger partial charge on any atom is -0.290 e. The van der Waals surface area contributed by atoms with Crippen LogP contribution in [0.25, 0.3) is 0 Å². The van der Waals surface area contributed by atoms with Gasteiger partial charge in [-0.15, -0.1) is 9.78 Å². The molecule has 0 amide bonds. The van der Waals surface area contributed by atoms with Crippen LogP contribution in [-0.4, -0.2) is 18.2 Å². The molecule has 6 heteroatoms. The Morgan fingerprint density at radius 2 is 1.10 bits per heavy atom. The zero-order chi connectivity index (χ0) is 21.4. The number of unbranched alkanes of at least 4 members (excludes halogenated alkanes) is 6. The van der Waals surface area contributed by atoms with E-state index in [2.05, 4.69) is 6.92 Å². The van der Waals surface area contributed by atoms with Gasteiger partial charge in [-0.2, -0.15) is 0 Å². The molecule has 2 aromatic carbocycles. The average Bonchev–Trinajstić information content (AvgIpc) is 2.80. The summed E-state index contributed by atoms with van der Waals surface area (Å²) in [5, 5.41) is 0. The minimum atomic E-state index is -0.999. The van der Waals surface area contributed by atoms with E-state index in [4.69, 9.17) is 19.6 Å². The molecule has 0 fully saturated rings. The first kappa shape index (κ1) is 23.6. The fourth-order valence-electron chi connectivity index (χ4n) is 2.82. The molecular formula is C24H30O6. The Bertz CT molecular complexity index is 676. The van der Waals surface area contributed by atoms with Crippen molar-refractivity contribution in [3.05, 3.63) is 71.8 Å². The molecule has 2 aromatic rings. The first-order chi connectivity index (χ1) is 14.7. The van der Waals surface area contributed by atoms with Gasteiger partial charge in [0.05, 0.1) is 11.1 Å². The number of benzene rings is 2. The lowest BCUT2D eigenvalue weighted by molar-refractivity contribution is -0.421. The van der Waals surface area contributed by atoms with Crippen LogP contribution in [0, 0.1) is 0 Å². The van der Waals surface area contributed by atoms with Gasteiger partial charge < -0.3 is 0 Å². The third-order valence-corrected chi connectivity index (χ3v) is 4.52. The van der Waals surface area contributed by atoms with E-state index in [0.717, 1.165) is 19.3 Å². The van der Waals surface area contributed by atoms with Crippen molar-refractivity contribution < 1.29 is 29.1 Å². The van der Waals surface area contributed by atoms with Crippen molar-refractivity contribution in [3.8, 4) is 0 Å². The van der Waals surface area contributed by atoms with Crippen LogP contribution >= 0.6 is 0 Å². The summed E-state index contributed by atoms with van der Waals surface area (Å²) in [6.45, 7) is 2.19. The summed E-state index contributed by atoms with van der Waals surface area (Å²) >= 11 is 0. The Kier molecular flexibility index (Phi) is 11.2. The molecule has 30 heavy (non-hydrogen) atoms. The number of hydrogen-bond donors (Lipinski definition) is 0. The molecule has 0 aromatic heterocycles. The fourth-order valence-corrected chi connectivity index (χ4v) is 2.82. The van der Waals surface area contributed by atoms with E-state index >= 15 is 0 Å². The molecule has 0 atom stereocenters. The zero-order valence-electron chi connectivity index (χ0n) is 17.5. The second-order valence-corrected chi connectivity index (χ2v) is 7.01. The maximum atomic E-state index is 12.1. The van der Waals surface area contributed by atoms with E-state index in [9.17, 15) is 9.59 Å². The third-order valence-electron chi connectivity index (χ3n) is 4.52. The maximum Gasteiger partial charge on any atom is 0.373 e. The van der Waals surface area contributed by atoms with Crippen molar-refractivity contribution in [2.24, 2.45) is 0 Å². The molecule has 0 spiro atoms. The van der Waals surface area contributed by atoms with E-state index in [-0.39, 0.29) is 0 Å². The van der Waals surface area contributed by atoms with E-state index in [1.165, 1.54) is 25.7 Å². The van der Waals surface area contributed by atoms with E-state index in [1.54, 1.807) is 60.7 Å². The molecule has 0 saturated carbocycles. The van der Waals surface area contributed by atoms with Crippen LogP contribution in [-0.2, 0) is 19.6 Å². The van der Waals surface area contributed by atoms with Gasteiger partial charge in [0.1, 0.15) is 0 Å². The van der Waals surface area contributed by atoms with Crippen LogP contribution < -0.4 is 0 Å². The number of carbonyl (C=O) groups is 2. The summed E-state index contributed by atoms with van der Waals surface area (Å²) in [6, 6.07) is 17.0. The summed E-state index contributed by atoms with van der Waals surface area (Å²) in [6.07, 6.45) is 7.21. The van der Waals surface area contributed by atoms with Gasteiger partial charge in [0.15, 0.2) is 0 Å². The van der Waals surface area contributed by atoms with Gasteiger partial charge in [-0.1, -0.05) is 81.8 Å². The molecule has 162 valence electrons. The van der Waals surface area contributed by atoms with Crippen molar-refractivity contribution >= 4 is 11.9 Å². The largest absolute Gasteiger partial charge is 0.373 e. The van der Waals surface area contributed by atoms with Gasteiger partial charge in [-0.3, -0.25) is 9.78 Å². The summed E-state index contributed by atoms with van der Waals surface area (Å²) in [7, 11) is 0. The summed E-state index contributed by atoms with van der Waals surface area (Å²) in [5.41, 5.74) is 0.710. The molecule has 0 aliphatic rings. The van der Waals surface area contributed by atoms with Gasteiger partial charge in [-0.25, -0.2) is 9.59 Å². The third kappa shape index (κ3) is 9.20. The van der Waals surface area contributed by atoms with Crippen molar-refractivity contribution in [1.29, 1.82) is 0 Å². The first-order valence-corrected chi connectivity index (χ1v) is 10.6. The Balaban J connectivity index is 1.80. The van der Waals surface area contributed by atoms with Gasteiger partial charge in [0.2, 0.25) is 6.29 Å². The molecule has 0 bridgehead atoms. The number of hydrogen-bond acceptors (Lipinski definition) is 6. The Morgan fingerprint density at radius 3 is 1.57 bits per heavy atom. The molecule has 0 aliphatic heterocycles. The summed E-state index contributed by atoms with van der Waals surface area (Å²) in [4.78, 5) is 44.2. The number of rotatable bonds is 14. The highest BCUT2D eigenvalue weighted by molar-refractivity contribution is 5.89. The van der Waals surface area contributed by atoms with Crippen molar-refractivity contribution in [1.82, 2.24) is 0 Å². The van der Waals surface area contributed by atoms with Crippen LogP contribution in [0.1, 0.15) is 79.0 Å². The van der Waals surface area contributed by atoms with Crippen molar-refractivity contribution in [2.75, 3.05) is 0 Å². The molecule has 0 N–H and O–H groups in total. The minimum absolute atomic E-state index is 0.355. The molecule has 0 radical (unpaired) electrons. The quantitative estimate of drug-likeness (QED) is 0.163. The van der Waals surface area contributed by atoms with Crippen LogP contribution in [0.3, 0.4) is 0 Å². The molecule has 0 saturated heterocycles. The fraction of sp³-hybridized carbons (Fsp3) is 0.417. The van der Waals surface area contributed by atoms with Crippen LogP contribution in [0.4, 0.5) is 0 Å². The number of carbonyl (C=O) groups excluding carboxylic acids is 2. The lowest BCUT2D eigenvalue weighted by Gasteiger charge is -2.15. The van der Waals surface area contributed by atoms with E-state index in [0.29, 0.717) is 17.5 Å². The molecule has 0 aliphatic carbocycles. The summed E-state index contributed by atoms with van der Waals surface area (Å²) in [5.74, 6) is -1.28. The predicted molar refractivity (Wildman–Crippen MR) is 112 cm³/mol. The van der Waals surface area contributed by atoms with Crippen molar-refractivity contribution in [2.45, 2.75) is 64.6 Å². The Labute approximate surface area is 178 Å². The topological polar surface area (TPSA) is 71.1 Å². The smallest absolute Gasteiger partial charge is 0.290 e. The maximum absolute atomic E-state index is 12.1. The van der Waals surface area contributed by atoms with Gasteiger partial charge in [-0.05, 0) is 30.7 Å². The van der Waals surface area contributed by atoms with Gasteiger partial charge in [0.25, 0.3) is 0 Å². The first-order valence-electron chi connectivity index (χ1n) is 10.6. The molecule has 0 unspecified atom stereocenters. The second-order valence-electron chi connectivity index (χ2n) is 7.01. The lowest BCUT2D eigenvalue weighted by Crippen LogP contribution is -2.22. The molecular weight excluding hydrogens is 384 g/mol. The van der Waals surface area contributed by atoms with Gasteiger partial charge >= 0.3 is 11.9 Å². The highest BCUT2D eigenvalue weighted by atomic mass is 17.3.